The third kappa shape index (κ3) is 4.58. The van der Waals surface area contributed by atoms with Crippen molar-refractivity contribution in [1.29, 1.82) is 0 Å². The second-order valence-corrected chi connectivity index (χ2v) is 6.72. The summed E-state index contributed by atoms with van der Waals surface area (Å²) in [5, 5.41) is 3.53. The summed E-state index contributed by atoms with van der Waals surface area (Å²) in [6.07, 6.45) is 6.00. The van der Waals surface area contributed by atoms with Gasteiger partial charge in [0.25, 0.3) is 0 Å². The molecule has 0 aromatic carbocycles. The molecule has 0 amide bonds. The standard InChI is InChI=1S/C14H23N3OS/c1-2-19(18)12-9-16-13-5-10-17(11-6-13)14-3-7-15-8-4-14/h3-4,7-8,13,16H,2,5-6,9-12H2,1H3. The second-order valence-electron chi connectivity index (χ2n) is 4.85. The first kappa shape index (κ1) is 14.5. The van der Waals surface area contributed by atoms with Gasteiger partial charge in [0.05, 0.1) is 0 Å². The van der Waals surface area contributed by atoms with Gasteiger partial charge in [-0.1, -0.05) is 6.92 Å². The van der Waals surface area contributed by atoms with E-state index in [0.717, 1.165) is 44.0 Å². The molecule has 1 saturated heterocycles. The third-order valence-electron chi connectivity index (χ3n) is 3.61. The number of hydrogen-bond donors (Lipinski definition) is 1. The first-order valence-electron chi connectivity index (χ1n) is 7.03. The average molecular weight is 281 g/mol. The highest BCUT2D eigenvalue weighted by molar-refractivity contribution is 7.84. The smallest absolute Gasteiger partial charge is 0.0397 e. The molecule has 2 heterocycles. The molecule has 2 rings (SSSR count). The molecule has 0 spiro atoms. The van der Waals surface area contributed by atoms with E-state index in [1.54, 1.807) is 0 Å². The van der Waals surface area contributed by atoms with Crippen LogP contribution in [0.15, 0.2) is 24.5 Å². The molecule has 1 atom stereocenters. The summed E-state index contributed by atoms with van der Waals surface area (Å²) in [4.78, 5) is 6.46. The molecule has 1 unspecified atom stereocenters. The molecule has 1 N–H and O–H groups in total. The van der Waals surface area contributed by atoms with Crippen molar-refractivity contribution in [3.8, 4) is 0 Å². The van der Waals surface area contributed by atoms with E-state index in [0.29, 0.717) is 6.04 Å². The summed E-state index contributed by atoms with van der Waals surface area (Å²) < 4.78 is 11.3. The number of rotatable bonds is 6. The molecule has 5 heteroatoms. The van der Waals surface area contributed by atoms with E-state index in [9.17, 15) is 4.21 Å². The Balaban J connectivity index is 1.69. The molecule has 1 aliphatic heterocycles. The van der Waals surface area contributed by atoms with Gasteiger partial charge in [-0.2, -0.15) is 0 Å². The number of aromatic nitrogens is 1. The summed E-state index contributed by atoms with van der Waals surface area (Å²) in [5.74, 6) is 1.54. The Morgan fingerprint density at radius 1 is 1.37 bits per heavy atom. The Bertz CT molecular complexity index is 391. The normalized spacial score (nSPS) is 18.5. The van der Waals surface area contributed by atoms with Crippen LogP contribution in [0.4, 0.5) is 5.69 Å². The van der Waals surface area contributed by atoms with Gasteiger partial charge in [0, 0.05) is 66.1 Å². The van der Waals surface area contributed by atoms with Crippen LogP contribution in [0.2, 0.25) is 0 Å². The quantitative estimate of drug-likeness (QED) is 0.856. The minimum Gasteiger partial charge on any atom is -0.371 e. The van der Waals surface area contributed by atoms with Crippen molar-refractivity contribution in [1.82, 2.24) is 10.3 Å². The highest BCUT2D eigenvalue weighted by Crippen LogP contribution is 2.18. The van der Waals surface area contributed by atoms with Gasteiger partial charge in [-0.25, -0.2) is 0 Å². The molecule has 0 saturated carbocycles. The van der Waals surface area contributed by atoms with Crippen LogP contribution in [0.1, 0.15) is 19.8 Å². The maximum absolute atomic E-state index is 11.3. The van der Waals surface area contributed by atoms with Crippen molar-refractivity contribution >= 4 is 16.5 Å². The van der Waals surface area contributed by atoms with Gasteiger partial charge < -0.3 is 10.2 Å². The molecule has 1 fully saturated rings. The van der Waals surface area contributed by atoms with Crippen molar-refractivity contribution in [2.45, 2.75) is 25.8 Å². The van der Waals surface area contributed by atoms with E-state index in [-0.39, 0.29) is 0 Å². The predicted molar refractivity (Wildman–Crippen MR) is 81.0 cm³/mol. The number of nitrogens with zero attached hydrogens (tertiary/aromatic N) is 2. The minimum atomic E-state index is -0.648. The Morgan fingerprint density at radius 2 is 2.05 bits per heavy atom. The first-order chi connectivity index (χ1) is 9.29. The molecule has 0 radical (unpaired) electrons. The monoisotopic (exact) mass is 281 g/mol. The fourth-order valence-corrected chi connectivity index (χ4v) is 3.05. The lowest BCUT2D eigenvalue weighted by molar-refractivity contribution is 0.424. The van der Waals surface area contributed by atoms with Crippen LogP contribution in [-0.2, 0) is 10.8 Å². The zero-order valence-electron chi connectivity index (χ0n) is 11.5. The average Bonchev–Trinajstić information content (AvgIpc) is 2.48. The molecule has 19 heavy (non-hydrogen) atoms. The van der Waals surface area contributed by atoms with Gasteiger partial charge in [-0.05, 0) is 25.0 Å². The number of nitrogens with one attached hydrogen (secondary N) is 1. The number of hydrogen-bond acceptors (Lipinski definition) is 4. The van der Waals surface area contributed by atoms with Crippen LogP contribution < -0.4 is 10.2 Å². The lowest BCUT2D eigenvalue weighted by Gasteiger charge is -2.34. The van der Waals surface area contributed by atoms with E-state index >= 15 is 0 Å². The molecule has 1 aromatic rings. The Labute approximate surface area is 118 Å². The lowest BCUT2D eigenvalue weighted by atomic mass is 10.0. The molecule has 0 aliphatic carbocycles. The highest BCUT2D eigenvalue weighted by Gasteiger charge is 2.18. The molecule has 4 nitrogen and oxygen atoms in total. The van der Waals surface area contributed by atoms with Crippen molar-refractivity contribution in [2.24, 2.45) is 0 Å². The van der Waals surface area contributed by atoms with Gasteiger partial charge in [-0.3, -0.25) is 9.19 Å². The summed E-state index contributed by atoms with van der Waals surface area (Å²) in [7, 11) is -0.648. The Kier molecular flexibility index (Phi) is 5.79. The van der Waals surface area contributed by atoms with Crippen molar-refractivity contribution < 1.29 is 4.21 Å². The van der Waals surface area contributed by atoms with Gasteiger partial charge in [-0.15, -0.1) is 0 Å². The maximum atomic E-state index is 11.3. The molecule has 1 aliphatic rings. The highest BCUT2D eigenvalue weighted by atomic mass is 32.2. The molecule has 0 bridgehead atoms. The molecular formula is C14H23N3OS. The summed E-state index contributed by atoms with van der Waals surface area (Å²) >= 11 is 0. The fourth-order valence-electron chi connectivity index (χ4n) is 2.42. The van der Waals surface area contributed by atoms with E-state index in [4.69, 9.17) is 0 Å². The topological polar surface area (TPSA) is 45.2 Å². The fraction of sp³-hybridized carbons (Fsp3) is 0.643. The van der Waals surface area contributed by atoms with Gasteiger partial charge in [0.1, 0.15) is 0 Å². The molecule has 106 valence electrons. The zero-order chi connectivity index (χ0) is 13.5. The Hall–Kier alpha value is -0.940. The van der Waals surface area contributed by atoms with Crippen LogP contribution in [-0.4, -0.2) is 46.4 Å². The Morgan fingerprint density at radius 3 is 2.68 bits per heavy atom. The van der Waals surface area contributed by atoms with Crippen LogP contribution in [0.3, 0.4) is 0 Å². The summed E-state index contributed by atoms with van der Waals surface area (Å²) in [6.45, 7) is 5.01. The van der Waals surface area contributed by atoms with Gasteiger partial charge in [0.2, 0.25) is 0 Å². The minimum absolute atomic E-state index is 0.576. The summed E-state index contributed by atoms with van der Waals surface area (Å²) in [5.41, 5.74) is 1.26. The van der Waals surface area contributed by atoms with E-state index in [1.165, 1.54) is 5.69 Å². The summed E-state index contributed by atoms with van der Waals surface area (Å²) in [6, 6.07) is 4.71. The number of anilines is 1. The lowest BCUT2D eigenvalue weighted by Crippen LogP contribution is -2.43. The van der Waals surface area contributed by atoms with Crippen LogP contribution >= 0.6 is 0 Å². The molecular weight excluding hydrogens is 258 g/mol. The van der Waals surface area contributed by atoms with Crippen LogP contribution in [0.5, 0.6) is 0 Å². The first-order valence-corrected chi connectivity index (χ1v) is 8.51. The van der Waals surface area contributed by atoms with E-state index in [2.05, 4.69) is 27.3 Å². The maximum Gasteiger partial charge on any atom is 0.0397 e. The van der Waals surface area contributed by atoms with E-state index in [1.807, 2.05) is 19.3 Å². The van der Waals surface area contributed by atoms with Gasteiger partial charge >= 0.3 is 0 Å². The van der Waals surface area contributed by atoms with Crippen LogP contribution in [0, 0.1) is 0 Å². The van der Waals surface area contributed by atoms with Crippen molar-refractivity contribution in [3.63, 3.8) is 0 Å². The zero-order valence-corrected chi connectivity index (χ0v) is 12.4. The number of pyridine rings is 1. The number of piperidine rings is 1. The second kappa shape index (κ2) is 7.60. The van der Waals surface area contributed by atoms with Gasteiger partial charge in [0.15, 0.2) is 0 Å². The van der Waals surface area contributed by atoms with Crippen molar-refractivity contribution in [3.05, 3.63) is 24.5 Å². The van der Waals surface area contributed by atoms with Crippen molar-refractivity contribution in [2.75, 3.05) is 36.0 Å². The van der Waals surface area contributed by atoms with E-state index < -0.39 is 10.8 Å². The largest absolute Gasteiger partial charge is 0.371 e. The SMILES string of the molecule is CCS(=O)CCNC1CCN(c2ccncc2)CC1. The van der Waals surface area contributed by atoms with Crippen LogP contribution in [0.25, 0.3) is 0 Å². The third-order valence-corrected chi connectivity index (χ3v) is 4.91. The predicted octanol–water partition coefficient (Wildman–Crippen LogP) is 1.41. The molecule has 1 aromatic heterocycles.